The van der Waals surface area contributed by atoms with Crippen LogP contribution in [0.4, 0.5) is 4.79 Å². The molecule has 1 aromatic rings. The van der Waals surface area contributed by atoms with Gasteiger partial charge in [-0.1, -0.05) is 30.3 Å². The maximum absolute atomic E-state index is 11.5. The Balaban J connectivity index is 2.27. The van der Waals surface area contributed by atoms with E-state index in [1.807, 2.05) is 30.3 Å². The van der Waals surface area contributed by atoms with Crippen LogP contribution < -0.4 is 0 Å². The van der Waals surface area contributed by atoms with E-state index in [0.717, 1.165) is 5.56 Å². The summed E-state index contributed by atoms with van der Waals surface area (Å²) in [6.45, 7) is 7.91. The summed E-state index contributed by atoms with van der Waals surface area (Å²) < 4.78 is 5.13. The number of carbonyl (C=O) groups is 1. The fourth-order valence-corrected chi connectivity index (χ4v) is 1.31. The van der Waals surface area contributed by atoms with E-state index in [4.69, 9.17) is 11.3 Å². The molecule has 0 unspecified atom stereocenters. The van der Waals surface area contributed by atoms with Crippen LogP contribution in [0.25, 0.3) is 4.85 Å². The summed E-state index contributed by atoms with van der Waals surface area (Å²) in [5.41, 5.74) is 0.968. The molecule has 1 aromatic carbocycles. The van der Waals surface area contributed by atoms with Crippen LogP contribution in [0.5, 0.6) is 0 Å². The lowest BCUT2D eigenvalue weighted by atomic mass is 10.2. The third-order valence-corrected chi connectivity index (χ3v) is 2.28. The lowest BCUT2D eigenvalue weighted by Crippen LogP contribution is -2.28. The summed E-state index contributed by atoms with van der Waals surface area (Å²) in [4.78, 5) is 16.3. The Morgan fingerprint density at radius 2 is 2.12 bits per heavy atom. The summed E-state index contributed by atoms with van der Waals surface area (Å²) in [5.74, 6) is 0. The van der Waals surface area contributed by atoms with Crippen molar-refractivity contribution in [2.24, 2.45) is 0 Å². The van der Waals surface area contributed by atoms with E-state index in [-0.39, 0.29) is 12.7 Å². The van der Waals surface area contributed by atoms with Crippen molar-refractivity contribution in [3.8, 4) is 0 Å². The molecular weight excluding hydrogens is 216 g/mol. The molecule has 90 valence electrons. The van der Waals surface area contributed by atoms with Gasteiger partial charge in [0.05, 0.1) is 0 Å². The first-order chi connectivity index (χ1) is 8.24. The lowest BCUT2D eigenvalue weighted by molar-refractivity contribution is 0.105. The molecule has 0 aromatic heterocycles. The highest BCUT2D eigenvalue weighted by atomic mass is 16.6. The van der Waals surface area contributed by atoms with Crippen molar-refractivity contribution in [2.45, 2.75) is 13.0 Å². The maximum atomic E-state index is 11.5. The molecule has 0 bridgehead atoms. The minimum absolute atomic E-state index is 0.285. The van der Waals surface area contributed by atoms with E-state index in [2.05, 4.69) is 4.85 Å². The first kappa shape index (κ1) is 13.0. The van der Waals surface area contributed by atoms with Gasteiger partial charge in [0.15, 0.2) is 0 Å². The predicted octanol–water partition coefficient (Wildman–Crippen LogP) is 2.56. The van der Waals surface area contributed by atoms with Crippen molar-refractivity contribution in [1.29, 1.82) is 0 Å². The summed E-state index contributed by atoms with van der Waals surface area (Å²) in [6.07, 6.45) is 0.333. The quantitative estimate of drug-likeness (QED) is 0.577. The SMILES string of the molecule is [C-]#[N+]CCCN(C)C(=O)OCc1ccccc1. The van der Waals surface area contributed by atoms with Gasteiger partial charge in [0.1, 0.15) is 6.61 Å². The molecule has 0 aliphatic carbocycles. The second kappa shape index (κ2) is 7.29. The van der Waals surface area contributed by atoms with Crippen molar-refractivity contribution in [1.82, 2.24) is 4.90 Å². The molecule has 17 heavy (non-hydrogen) atoms. The first-order valence-corrected chi connectivity index (χ1v) is 5.49. The number of amides is 1. The van der Waals surface area contributed by atoms with Crippen LogP contribution in [0.3, 0.4) is 0 Å². The molecule has 0 saturated heterocycles. The van der Waals surface area contributed by atoms with E-state index in [9.17, 15) is 4.79 Å². The number of rotatable bonds is 5. The molecule has 0 heterocycles. The average Bonchev–Trinajstić information content (AvgIpc) is 2.37. The Kier molecular flexibility index (Phi) is 5.59. The normalized spacial score (nSPS) is 9.41. The Morgan fingerprint density at radius 1 is 1.41 bits per heavy atom. The second-order valence-corrected chi connectivity index (χ2v) is 3.70. The summed E-state index contributed by atoms with van der Waals surface area (Å²) in [6, 6.07) is 9.55. The van der Waals surface area contributed by atoms with Crippen LogP contribution >= 0.6 is 0 Å². The molecule has 1 rings (SSSR count). The minimum atomic E-state index is -0.348. The Bertz CT molecular complexity index is 384. The first-order valence-electron chi connectivity index (χ1n) is 5.49. The molecule has 0 atom stereocenters. The van der Waals surface area contributed by atoms with Gasteiger partial charge < -0.3 is 14.5 Å². The number of carbonyl (C=O) groups excluding carboxylic acids is 1. The highest BCUT2D eigenvalue weighted by Crippen LogP contribution is 2.02. The van der Waals surface area contributed by atoms with Crippen LogP contribution in [0.1, 0.15) is 12.0 Å². The fourth-order valence-electron chi connectivity index (χ4n) is 1.31. The maximum Gasteiger partial charge on any atom is 0.409 e. The smallest absolute Gasteiger partial charge is 0.409 e. The van der Waals surface area contributed by atoms with Crippen molar-refractivity contribution < 1.29 is 9.53 Å². The molecule has 4 nitrogen and oxygen atoms in total. The minimum Gasteiger partial charge on any atom is -0.445 e. The molecule has 0 radical (unpaired) electrons. The zero-order chi connectivity index (χ0) is 12.5. The van der Waals surface area contributed by atoms with E-state index in [1.54, 1.807) is 7.05 Å². The van der Waals surface area contributed by atoms with Crippen molar-refractivity contribution in [2.75, 3.05) is 20.1 Å². The third kappa shape index (κ3) is 5.03. The predicted molar refractivity (Wildman–Crippen MR) is 65.3 cm³/mol. The van der Waals surface area contributed by atoms with Crippen LogP contribution in [0, 0.1) is 6.57 Å². The zero-order valence-corrected chi connectivity index (χ0v) is 9.93. The Morgan fingerprint density at radius 3 is 2.76 bits per heavy atom. The Hall–Kier alpha value is -2.02. The van der Waals surface area contributed by atoms with Crippen molar-refractivity contribution in [3.05, 3.63) is 47.3 Å². The van der Waals surface area contributed by atoms with E-state index < -0.39 is 0 Å². The van der Waals surface area contributed by atoms with Crippen molar-refractivity contribution >= 4 is 6.09 Å². The molecule has 0 aliphatic rings. The van der Waals surface area contributed by atoms with E-state index in [1.165, 1.54) is 4.90 Å². The standard InChI is InChI=1S/C13H16N2O2/c1-14-9-6-10-15(2)13(16)17-11-12-7-4-3-5-8-12/h3-5,7-8H,6,9-11H2,2H3. The topological polar surface area (TPSA) is 33.9 Å². The molecule has 0 N–H and O–H groups in total. The molecular formula is C13H16N2O2. The highest BCUT2D eigenvalue weighted by molar-refractivity contribution is 5.67. The van der Waals surface area contributed by atoms with Crippen LogP contribution in [-0.2, 0) is 11.3 Å². The van der Waals surface area contributed by atoms with Crippen LogP contribution in [-0.4, -0.2) is 31.1 Å². The molecule has 4 heteroatoms. The fraction of sp³-hybridized carbons (Fsp3) is 0.385. The van der Waals surface area contributed by atoms with Gasteiger partial charge in [-0.15, -0.1) is 0 Å². The number of nitrogens with zero attached hydrogens (tertiary/aromatic N) is 2. The summed E-state index contributed by atoms with van der Waals surface area (Å²) in [7, 11) is 1.68. The second-order valence-electron chi connectivity index (χ2n) is 3.70. The van der Waals surface area contributed by atoms with Gasteiger partial charge in [-0.3, -0.25) is 0 Å². The average molecular weight is 232 g/mol. The van der Waals surface area contributed by atoms with Gasteiger partial charge in [-0.05, 0) is 5.56 Å². The van der Waals surface area contributed by atoms with Crippen molar-refractivity contribution in [3.63, 3.8) is 0 Å². The number of hydrogen-bond donors (Lipinski definition) is 0. The Labute approximate surface area is 102 Å². The van der Waals surface area contributed by atoms with E-state index >= 15 is 0 Å². The summed E-state index contributed by atoms with van der Waals surface area (Å²) >= 11 is 0. The monoisotopic (exact) mass is 232 g/mol. The molecule has 0 saturated carbocycles. The zero-order valence-electron chi connectivity index (χ0n) is 9.93. The number of ether oxygens (including phenoxy) is 1. The van der Waals surface area contributed by atoms with Gasteiger partial charge in [0.2, 0.25) is 6.54 Å². The number of hydrogen-bond acceptors (Lipinski definition) is 2. The van der Waals surface area contributed by atoms with Gasteiger partial charge >= 0.3 is 6.09 Å². The van der Waals surface area contributed by atoms with Gasteiger partial charge in [0, 0.05) is 20.0 Å². The van der Waals surface area contributed by atoms with Gasteiger partial charge in [0.25, 0.3) is 0 Å². The molecule has 0 fully saturated rings. The van der Waals surface area contributed by atoms with Crippen LogP contribution in [0.2, 0.25) is 0 Å². The molecule has 1 amide bonds. The van der Waals surface area contributed by atoms with Crippen LogP contribution in [0.15, 0.2) is 30.3 Å². The van der Waals surface area contributed by atoms with E-state index in [0.29, 0.717) is 19.5 Å². The third-order valence-electron chi connectivity index (χ3n) is 2.28. The largest absolute Gasteiger partial charge is 0.445 e. The van der Waals surface area contributed by atoms with Gasteiger partial charge in [-0.25, -0.2) is 11.4 Å². The highest BCUT2D eigenvalue weighted by Gasteiger charge is 2.09. The molecule has 0 aliphatic heterocycles. The summed E-state index contributed by atoms with van der Waals surface area (Å²) in [5, 5.41) is 0. The number of benzene rings is 1. The lowest BCUT2D eigenvalue weighted by Gasteiger charge is -2.15. The molecule has 0 spiro atoms. The van der Waals surface area contributed by atoms with Gasteiger partial charge in [-0.2, -0.15) is 0 Å².